The van der Waals surface area contributed by atoms with Crippen molar-refractivity contribution in [1.82, 2.24) is 4.57 Å². The van der Waals surface area contributed by atoms with Crippen molar-refractivity contribution in [3.63, 3.8) is 0 Å². The van der Waals surface area contributed by atoms with Gasteiger partial charge in [0.1, 0.15) is 0 Å². The van der Waals surface area contributed by atoms with Crippen molar-refractivity contribution in [2.24, 2.45) is 0 Å². The second-order valence-corrected chi connectivity index (χ2v) is 5.15. The molecule has 0 N–H and O–H groups in total. The Labute approximate surface area is 101 Å². The van der Waals surface area contributed by atoms with Gasteiger partial charge in [-0.2, -0.15) is 0 Å². The van der Waals surface area contributed by atoms with Crippen molar-refractivity contribution in [1.29, 1.82) is 0 Å². The van der Waals surface area contributed by atoms with Gasteiger partial charge in [-0.15, -0.1) is 0 Å². The van der Waals surface area contributed by atoms with Crippen LogP contribution in [-0.2, 0) is 0 Å². The van der Waals surface area contributed by atoms with Crippen LogP contribution in [-0.4, -0.2) is 4.57 Å². The van der Waals surface area contributed by atoms with Crippen LogP contribution in [0.4, 0.5) is 0 Å². The standard InChI is InChI=1S/C14H16ClN/c15-12-6-7-14-11(10-12)8-9-16(14)13-4-2-1-3-5-13/h6-10,13H,1-5H2. The minimum atomic E-state index is 0.701. The molecule has 16 heavy (non-hydrogen) atoms. The van der Waals surface area contributed by atoms with E-state index in [0.29, 0.717) is 6.04 Å². The monoisotopic (exact) mass is 233 g/mol. The van der Waals surface area contributed by atoms with Crippen molar-refractivity contribution in [3.8, 4) is 0 Å². The van der Waals surface area contributed by atoms with Crippen LogP contribution >= 0.6 is 11.6 Å². The van der Waals surface area contributed by atoms with Gasteiger partial charge in [-0.3, -0.25) is 0 Å². The van der Waals surface area contributed by atoms with E-state index in [9.17, 15) is 0 Å². The van der Waals surface area contributed by atoms with Gasteiger partial charge in [-0.05, 0) is 37.1 Å². The first-order chi connectivity index (χ1) is 7.84. The first-order valence-electron chi connectivity index (χ1n) is 6.11. The number of nitrogens with zero attached hydrogens (tertiary/aromatic N) is 1. The van der Waals surface area contributed by atoms with E-state index in [2.05, 4.69) is 29.0 Å². The van der Waals surface area contributed by atoms with E-state index in [4.69, 9.17) is 11.6 Å². The highest BCUT2D eigenvalue weighted by Gasteiger charge is 2.16. The Morgan fingerprint density at radius 1 is 1.06 bits per heavy atom. The average Bonchev–Trinajstić information content (AvgIpc) is 2.73. The van der Waals surface area contributed by atoms with Crippen LogP contribution in [0.2, 0.25) is 5.02 Å². The summed E-state index contributed by atoms with van der Waals surface area (Å²) in [5.74, 6) is 0. The summed E-state index contributed by atoms with van der Waals surface area (Å²) in [5.41, 5.74) is 1.33. The Kier molecular flexibility index (Phi) is 2.64. The third-order valence-corrected chi connectivity index (χ3v) is 3.89. The Bertz CT molecular complexity index is 494. The number of aromatic nitrogens is 1. The van der Waals surface area contributed by atoms with Gasteiger partial charge >= 0.3 is 0 Å². The molecule has 1 nitrogen and oxygen atoms in total. The van der Waals surface area contributed by atoms with Crippen molar-refractivity contribution in [2.75, 3.05) is 0 Å². The molecule has 0 amide bonds. The molecule has 1 aromatic carbocycles. The van der Waals surface area contributed by atoms with Crippen LogP contribution in [0.15, 0.2) is 30.5 Å². The van der Waals surface area contributed by atoms with Crippen LogP contribution in [0.5, 0.6) is 0 Å². The Morgan fingerprint density at radius 3 is 2.69 bits per heavy atom. The van der Waals surface area contributed by atoms with Crippen LogP contribution in [0.25, 0.3) is 10.9 Å². The molecule has 1 fully saturated rings. The molecule has 0 bridgehead atoms. The molecule has 1 saturated carbocycles. The van der Waals surface area contributed by atoms with Gasteiger partial charge in [-0.25, -0.2) is 0 Å². The zero-order chi connectivity index (χ0) is 11.0. The van der Waals surface area contributed by atoms with Gasteiger partial charge in [0.2, 0.25) is 0 Å². The van der Waals surface area contributed by atoms with E-state index in [1.165, 1.54) is 43.0 Å². The maximum atomic E-state index is 6.00. The molecule has 1 heterocycles. The molecule has 3 rings (SSSR count). The summed E-state index contributed by atoms with van der Waals surface area (Å²) in [7, 11) is 0. The van der Waals surface area contributed by atoms with Gasteiger partial charge in [0.15, 0.2) is 0 Å². The highest BCUT2D eigenvalue weighted by molar-refractivity contribution is 6.31. The van der Waals surface area contributed by atoms with Crippen molar-refractivity contribution in [2.45, 2.75) is 38.1 Å². The second-order valence-electron chi connectivity index (χ2n) is 4.72. The predicted octanol–water partition coefficient (Wildman–Crippen LogP) is 4.80. The Hall–Kier alpha value is -0.950. The largest absolute Gasteiger partial charge is 0.344 e. The smallest absolute Gasteiger partial charge is 0.0483 e. The molecule has 0 spiro atoms. The molecular formula is C14H16ClN. The van der Waals surface area contributed by atoms with E-state index >= 15 is 0 Å². The first-order valence-corrected chi connectivity index (χ1v) is 6.48. The van der Waals surface area contributed by atoms with Gasteiger partial charge in [0.25, 0.3) is 0 Å². The van der Waals surface area contributed by atoms with Crippen molar-refractivity contribution >= 4 is 22.5 Å². The lowest BCUT2D eigenvalue weighted by Gasteiger charge is -2.24. The normalized spacial score (nSPS) is 18.1. The van der Waals surface area contributed by atoms with Crippen LogP contribution in [0.1, 0.15) is 38.1 Å². The average molecular weight is 234 g/mol. The van der Waals surface area contributed by atoms with E-state index in [0.717, 1.165) is 5.02 Å². The molecule has 0 saturated heterocycles. The van der Waals surface area contributed by atoms with Gasteiger partial charge in [0.05, 0.1) is 0 Å². The summed E-state index contributed by atoms with van der Waals surface area (Å²) in [6.07, 6.45) is 9.02. The summed E-state index contributed by atoms with van der Waals surface area (Å²) in [5, 5.41) is 2.09. The van der Waals surface area contributed by atoms with Gasteiger partial charge < -0.3 is 4.57 Å². The summed E-state index contributed by atoms with van der Waals surface area (Å²) in [6.45, 7) is 0. The molecule has 0 unspecified atom stereocenters. The predicted molar refractivity (Wildman–Crippen MR) is 69.1 cm³/mol. The van der Waals surface area contributed by atoms with Crippen LogP contribution < -0.4 is 0 Å². The maximum absolute atomic E-state index is 6.00. The molecule has 0 aliphatic heterocycles. The second kappa shape index (κ2) is 4.14. The summed E-state index contributed by atoms with van der Waals surface area (Å²) >= 11 is 6.00. The number of hydrogen-bond acceptors (Lipinski definition) is 0. The molecule has 1 aromatic heterocycles. The molecular weight excluding hydrogens is 218 g/mol. The quantitative estimate of drug-likeness (QED) is 0.667. The summed E-state index contributed by atoms with van der Waals surface area (Å²) < 4.78 is 2.44. The number of benzene rings is 1. The first kappa shape index (κ1) is 10.2. The fourth-order valence-corrected chi connectivity index (χ4v) is 2.99. The minimum absolute atomic E-state index is 0.701. The number of fused-ring (bicyclic) bond motifs is 1. The lowest BCUT2D eigenvalue weighted by Crippen LogP contribution is -2.11. The van der Waals surface area contributed by atoms with Crippen LogP contribution in [0.3, 0.4) is 0 Å². The van der Waals surface area contributed by atoms with E-state index in [-0.39, 0.29) is 0 Å². The highest BCUT2D eigenvalue weighted by atomic mass is 35.5. The molecule has 1 aliphatic rings. The minimum Gasteiger partial charge on any atom is -0.344 e. The maximum Gasteiger partial charge on any atom is 0.0483 e. The zero-order valence-corrected chi connectivity index (χ0v) is 10.1. The van der Waals surface area contributed by atoms with E-state index in [1.807, 2.05) is 6.07 Å². The fourth-order valence-electron chi connectivity index (χ4n) is 2.81. The number of hydrogen-bond donors (Lipinski definition) is 0. The van der Waals surface area contributed by atoms with Crippen molar-refractivity contribution in [3.05, 3.63) is 35.5 Å². The number of halogens is 1. The van der Waals surface area contributed by atoms with Gasteiger partial charge in [-0.1, -0.05) is 30.9 Å². The lowest BCUT2D eigenvalue weighted by molar-refractivity contribution is 0.361. The molecule has 0 radical (unpaired) electrons. The van der Waals surface area contributed by atoms with E-state index in [1.54, 1.807) is 0 Å². The Balaban J connectivity index is 2.03. The highest BCUT2D eigenvalue weighted by Crippen LogP contribution is 2.32. The SMILES string of the molecule is Clc1ccc2c(ccn2C2CCCCC2)c1. The third-order valence-electron chi connectivity index (χ3n) is 3.65. The molecule has 84 valence electrons. The van der Waals surface area contributed by atoms with Crippen LogP contribution in [0, 0.1) is 0 Å². The molecule has 2 aromatic rings. The molecule has 1 aliphatic carbocycles. The fraction of sp³-hybridized carbons (Fsp3) is 0.429. The third kappa shape index (κ3) is 1.73. The Morgan fingerprint density at radius 2 is 1.88 bits per heavy atom. The summed E-state index contributed by atoms with van der Waals surface area (Å²) in [4.78, 5) is 0. The number of rotatable bonds is 1. The van der Waals surface area contributed by atoms with E-state index < -0.39 is 0 Å². The topological polar surface area (TPSA) is 4.93 Å². The molecule has 0 atom stereocenters. The lowest BCUT2D eigenvalue weighted by atomic mass is 9.95. The van der Waals surface area contributed by atoms with Crippen molar-refractivity contribution < 1.29 is 0 Å². The zero-order valence-electron chi connectivity index (χ0n) is 9.32. The summed E-state index contributed by atoms with van der Waals surface area (Å²) in [6, 6.07) is 9.06. The van der Waals surface area contributed by atoms with Gasteiger partial charge in [0, 0.05) is 28.2 Å². The molecule has 2 heteroatoms.